The molecule has 0 atom stereocenters. The summed E-state index contributed by atoms with van der Waals surface area (Å²) in [7, 11) is -3.60. The summed E-state index contributed by atoms with van der Waals surface area (Å²) < 4.78 is 27.5. The average molecular weight is 346 g/mol. The third-order valence-corrected chi connectivity index (χ3v) is 5.38. The van der Waals surface area contributed by atoms with Crippen molar-refractivity contribution in [1.29, 1.82) is 0 Å². The summed E-state index contributed by atoms with van der Waals surface area (Å²) in [6, 6.07) is 12.5. The normalized spacial score (nSPS) is 11.3. The Balaban J connectivity index is 1.96. The molecule has 0 fully saturated rings. The number of carbonyl (C=O) groups excluding carboxylic acids is 1. The Hall–Kier alpha value is -2.18. The van der Waals surface area contributed by atoms with E-state index in [0.29, 0.717) is 21.6 Å². The molecule has 0 radical (unpaired) electrons. The molecule has 2 rings (SSSR count). The van der Waals surface area contributed by atoms with Crippen molar-refractivity contribution in [3.05, 3.63) is 64.7 Å². The highest BCUT2D eigenvalue weighted by Crippen LogP contribution is 2.21. The average Bonchev–Trinajstić information content (AvgIpc) is 2.51. The first-order valence-electron chi connectivity index (χ1n) is 7.72. The summed E-state index contributed by atoms with van der Waals surface area (Å²) in [5, 5.41) is 2.70. The van der Waals surface area contributed by atoms with Crippen molar-refractivity contribution in [2.24, 2.45) is 0 Å². The van der Waals surface area contributed by atoms with Crippen molar-refractivity contribution in [1.82, 2.24) is 10.0 Å². The Morgan fingerprint density at radius 2 is 1.54 bits per heavy atom. The van der Waals surface area contributed by atoms with Crippen LogP contribution in [0, 0.1) is 20.8 Å². The van der Waals surface area contributed by atoms with Crippen LogP contribution < -0.4 is 10.0 Å². The minimum Gasteiger partial charge on any atom is -0.351 e. The zero-order valence-corrected chi connectivity index (χ0v) is 14.9. The van der Waals surface area contributed by atoms with E-state index in [-0.39, 0.29) is 19.0 Å². The van der Waals surface area contributed by atoms with E-state index in [9.17, 15) is 13.2 Å². The highest BCUT2D eigenvalue weighted by atomic mass is 32.2. The van der Waals surface area contributed by atoms with Crippen LogP contribution in [0.2, 0.25) is 0 Å². The summed E-state index contributed by atoms with van der Waals surface area (Å²) in [5.74, 6) is -0.225. The van der Waals surface area contributed by atoms with Gasteiger partial charge < -0.3 is 5.32 Å². The van der Waals surface area contributed by atoms with Crippen LogP contribution in [0.5, 0.6) is 0 Å². The molecule has 0 aliphatic heterocycles. The molecule has 2 aromatic rings. The minimum atomic E-state index is -3.60. The topological polar surface area (TPSA) is 75.3 Å². The smallest absolute Gasteiger partial charge is 0.251 e. The Bertz CT molecular complexity index is 808. The lowest BCUT2D eigenvalue weighted by Gasteiger charge is -2.13. The number of hydrogen-bond donors (Lipinski definition) is 2. The molecule has 6 heteroatoms. The van der Waals surface area contributed by atoms with Crippen molar-refractivity contribution in [2.45, 2.75) is 25.7 Å². The SMILES string of the molecule is Cc1cc(C)c(S(=O)(=O)NCCNC(=O)c2ccccc2)c(C)c1. The number of benzene rings is 2. The van der Waals surface area contributed by atoms with Gasteiger partial charge >= 0.3 is 0 Å². The van der Waals surface area contributed by atoms with Crippen LogP contribution in [-0.2, 0) is 10.0 Å². The first kappa shape index (κ1) is 18.2. The third-order valence-electron chi connectivity index (χ3n) is 3.61. The Morgan fingerprint density at radius 1 is 0.958 bits per heavy atom. The summed E-state index contributed by atoms with van der Waals surface area (Å²) >= 11 is 0. The van der Waals surface area contributed by atoms with Crippen LogP contribution in [-0.4, -0.2) is 27.4 Å². The van der Waals surface area contributed by atoms with Crippen LogP contribution >= 0.6 is 0 Å². The van der Waals surface area contributed by atoms with E-state index in [4.69, 9.17) is 0 Å². The monoisotopic (exact) mass is 346 g/mol. The van der Waals surface area contributed by atoms with Gasteiger partial charge in [-0.3, -0.25) is 4.79 Å². The zero-order valence-electron chi connectivity index (χ0n) is 14.1. The van der Waals surface area contributed by atoms with Crippen molar-refractivity contribution in [3.63, 3.8) is 0 Å². The van der Waals surface area contributed by atoms with Gasteiger partial charge in [0.1, 0.15) is 0 Å². The Kier molecular flexibility index (Phi) is 5.75. The molecule has 5 nitrogen and oxygen atoms in total. The Labute approximate surface area is 143 Å². The fourth-order valence-corrected chi connectivity index (χ4v) is 4.20. The fraction of sp³-hybridized carbons (Fsp3) is 0.278. The molecule has 0 aliphatic rings. The highest BCUT2D eigenvalue weighted by Gasteiger charge is 2.19. The molecule has 0 spiro atoms. The van der Waals surface area contributed by atoms with E-state index < -0.39 is 10.0 Å². The van der Waals surface area contributed by atoms with Crippen LogP contribution in [0.1, 0.15) is 27.0 Å². The maximum atomic E-state index is 12.5. The second-order valence-electron chi connectivity index (χ2n) is 5.75. The van der Waals surface area contributed by atoms with Gasteiger partial charge in [-0.05, 0) is 44.0 Å². The van der Waals surface area contributed by atoms with E-state index in [1.807, 2.05) is 25.1 Å². The number of sulfonamides is 1. The van der Waals surface area contributed by atoms with E-state index in [2.05, 4.69) is 10.0 Å². The summed E-state index contributed by atoms with van der Waals surface area (Å²) in [4.78, 5) is 12.2. The van der Waals surface area contributed by atoms with Gasteiger partial charge in [0.15, 0.2) is 0 Å². The predicted molar refractivity (Wildman–Crippen MR) is 94.6 cm³/mol. The van der Waals surface area contributed by atoms with Gasteiger partial charge in [-0.2, -0.15) is 0 Å². The maximum absolute atomic E-state index is 12.5. The fourth-order valence-electron chi connectivity index (χ4n) is 2.72. The van der Waals surface area contributed by atoms with Gasteiger partial charge in [-0.25, -0.2) is 13.1 Å². The van der Waals surface area contributed by atoms with E-state index in [1.165, 1.54) is 0 Å². The molecular weight excluding hydrogens is 324 g/mol. The molecule has 128 valence electrons. The van der Waals surface area contributed by atoms with Crippen LogP contribution in [0.25, 0.3) is 0 Å². The van der Waals surface area contributed by atoms with Gasteiger partial charge in [0.25, 0.3) is 5.91 Å². The second kappa shape index (κ2) is 7.59. The summed E-state index contributed by atoms with van der Waals surface area (Å²) in [5.41, 5.74) is 3.01. The summed E-state index contributed by atoms with van der Waals surface area (Å²) in [6.45, 7) is 5.85. The lowest BCUT2D eigenvalue weighted by molar-refractivity contribution is 0.0954. The lowest BCUT2D eigenvalue weighted by atomic mass is 10.1. The van der Waals surface area contributed by atoms with E-state index in [0.717, 1.165) is 5.56 Å². The number of carbonyl (C=O) groups is 1. The molecule has 2 N–H and O–H groups in total. The number of rotatable bonds is 6. The third kappa shape index (κ3) is 4.43. The number of hydrogen-bond acceptors (Lipinski definition) is 3. The number of nitrogens with one attached hydrogen (secondary N) is 2. The van der Waals surface area contributed by atoms with Crippen molar-refractivity contribution in [3.8, 4) is 0 Å². The Morgan fingerprint density at radius 3 is 2.12 bits per heavy atom. The number of aryl methyl sites for hydroxylation is 3. The lowest BCUT2D eigenvalue weighted by Crippen LogP contribution is -2.35. The molecule has 0 saturated heterocycles. The van der Waals surface area contributed by atoms with Gasteiger partial charge in [0.05, 0.1) is 4.90 Å². The first-order chi connectivity index (χ1) is 11.3. The second-order valence-corrected chi connectivity index (χ2v) is 7.45. The van der Waals surface area contributed by atoms with Crippen molar-refractivity contribution in [2.75, 3.05) is 13.1 Å². The largest absolute Gasteiger partial charge is 0.351 e. The molecular formula is C18H22N2O3S. The van der Waals surface area contributed by atoms with Crippen LogP contribution in [0.15, 0.2) is 47.4 Å². The quantitative estimate of drug-likeness (QED) is 0.788. The molecule has 1 amide bonds. The molecule has 0 unspecified atom stereocenters. The molecule has 0 aromatic heterocycles. The molecule has 24 heavy (non-hydrogen) atoms. The minimum absolute atomic E-state index is 0.133. The highest BCUT2D eigenvalue weighted by molar-refractivity contribution is 7.89. The van der Waals surface area contributed by atoms with E-state index >= 15 is 0 Å². The van der Waals surface area contributed by atoms with Gasteiger partial charge in [0, 0.05) is 18.7 Å². The van der Waals surface area contributed by atoms with Crippen LogP contribution in [0.3, 0.4) is 0 Å². The molecule has 0 heterocycles. The molecule has 0 bridgehead atoms. The maximum Gasteiger partial charge on any atom is 0.251 e. The van der Waals surface area contributed by atoms with Crippen molar-refractivity contribution >= 4 is 15.9 Å². The van der Waals surface area contributed by atoms with Gasteiger partial charge in [-0.15, -0.1) is 0 Å². The summed E-state index contributed by atoms with van der Waals surface area (Å²) in [6.07, 6.45) is 0. The van der Waals surface area contributed by atoms with Crippen LogP contribution in [0.4, 0.5) is 0 Å². The first-order valence-corrected chi connectivity index (χ1v) is 9.20. The molecule has 0 aliphatic carbocycles. The zero-order chi connectivity index (χ0) is 17.7. The van der Waals surface area contributed by atoms with Gasteiger partial charge in [-0.1, -0.05) is 35.9 Å². The predicted octanol–water partition coefficient (Wildman–Crippen LogP) is 2.32. The van der Waals surface area contributed by atoms with Crippen molar-refractivity contribution < 1.29 is 13.2 Å². The van der Waals surface area contributed by atoms with Gasteiger partial charge in [0.2, 0.25) is 10.0 Å². The standard InChI is InChI=1S/C18H22N2O3S/c1-13-11-14(2)17(15(3)12-13)24(22,23)20-10-9-19-18(21)16-7-5-4-6-8-16/h4-8,11-12,20H,9-10H2,1-3H3,(H,19,21). The van der Waals surface area contributed by atoms with E-state index in [1.54, 1.807) is 38.1 Å². The molecule has 0 saturated carbocycles. The number of amides is 1. The molecule has 2 aromatic carbocycles.